The Morgan fingerprint density at radius 3 is 2.16 bits per heavy atom. The van der Waals surface area contributed by atoms with Gasteiger partial charge in [-0.2, -0.15) is 0 Å². The predicted molar refractivity (Wildman–Crippen MR) is 107 cm³/mol. The minimum Gasteiger partial charge on any atom is -0.471 e. The summed E-state index contributed by atoms with van der Waals surface area (Å²) < 4.78 is 4.50. The van der Waals surface area contributed by atoms with Crippen molar-refractivity contribution < 1.29 is 14.3 Å². The van der Waals surface area contributed by atoms with Crippen molar-refractivity contribution in [2.24, 2.45) is 10.9 Å². The number of ether oxygens (including phenoxy) is 1. The number of nitrogens with one attached hydrogen (secondary N) is 2. The highest BCUT2D eigenvalue weighted by molar-refractivity contribution is 9.11. The van der Waals surface area contributed by atoms with Crippen molar-refractivity contribution in [3.05, 3.63) is 11.2 Å². The van der Waals surface area contributed by atoms with Crippen molar-refractivity contribution in [2.75, 3.05) is 27.7 Å². The Morgan fingerprint density at radius 1 is 1.40 bits per heavy atom. The van der Waals surface area contributed by atoms with Crippen molar-refractivity contribution in [3.8, 4) is 0 Å². The van der Waals surface area contributed by atoms with E-state index < -0.39 is 0 Å². The number of amidine groups is 1. The van der Waals surface area contributed by atoms with Gasteiger partial charge in [0.2, 0.25) is 5.91 Å². The maximum absolute atomic E-state index is 12.8. The monoisotopic (exact) mass is 420 g/mol. The van der Waals surface area contributed by atoms with E-state index in [9.17, 15) is 4.79 Å². The fourth-order valence-corrected chi connectivity index (χ4v) is 2.64. The predicted octanol–water partition coefficient (Wildman–Crippen LogP) is 2.13. The average molecular weight is 421 g/mol. The van der Waals surface area contributed by atoms with Gasteiger partial charge in [0.1, 0.15) is 5.84 Å². The molecule has 146 valence electrons. The van der Waals surface area contributed by atoms with Gasteiger partial charge in [-0.15, -0.1) is 0 Å². The van der Waals surface area contributed by atoms with Gasteiger partial charge in [0.25, 0.3) is 6.47 Å². The summed E-state index contributed by atoms with van der Waals surface area (Å²) in [6, 6.07) is -0.277. The molecule has 0 aliphatic rings. The number of likely N-dealkylation sites (N-methyl/N-ethyl adjacent to an activating group) is 2. The van der Waals surface area contributed by atoms with E-state index in [1.807, 2.05) is 39.6 Å². The molecule has 0 radical (unpaired) electrons. The SMILES string of the molecule is C=C(Br)NC(=NC)C(CC)N(CC)C(=O)C(NC)C(C)C.COC=O. The minimum atomic E-state index is -0.190. The van der Waals surface area contributed by atoms with Crippen LogP contribution in [0.2, 0.25) is 0 Å². The molecule has 0 saturated carbocycles. The number of aliphatic imine (C=N–C) groups is 1. The summed E-state index contributed by atoms with van der Waals surface area (Å²) >= 11 is 3.29. The summed E-state index contributed by atoms with van der Waals surface area (Å²) in [7, 11) is 4.86. The molecule has 1 amide bonds. The molecule has 2 unspecified atom stereocenters. The zero-order chi connectivity index (χ0) is 20.0. The van der Waals surface area contributed by atoms with Gasteiger partial charge in [-0.25, -0.2) is 0 Å². The van der Waals surface area contributed by atoms with E-state index in [-0.39, 0.29) is 23.9 Å². The second-order valence-electron chi connectivity index (χ2n) is 5.53. The molecule has 0 aromatic rings. The summed E-state index contributed by atoms with van der Waals surface area (Å²) in [5.74, 6) is 1.08. The Bertz CT molecular complexity index is 442. The highest BCUT2D eigenvalue weighted by Gasteiger charge is 2.31. The second kappa shape index (κ2) is 14.9. The molecule has 0 saturated heterocycles. The van der Waals surface area contributed by atoms with E-state index in [1.165, 1.54) is 7.11 Å². The Balaban J connectivity index is 0. The fraction of sp³-hybridized carbons (Fsp3) is 0.706. The Labute approximate surface area is 160 Å². The van der Waals surface area contributed by atoms with Gasteiger partial charge >= 0.3 is 0 Å². The second-order valence-corrected chi connectivity index (χ2v) is 6.49. The van der Waals surface area contributed by atoms with Crippen LogP contribution in [0.1, 0.15) is 34.1 Å². The van der Waals surface area contributed by atoms with Crippen LogP contribution in [0.3, 0.4) is 0 Å². The molecule has 0 spiro atoms. The lowest BCUT2D eigenvalue weighted by atomic mass is 10.0. The number of nitrogens with zero attached hydrogens (tertiary/aromatic N) is 2. The lowest BCUT2D eigenvalue weighted by Crippen LogP contribution is -2.55. The van der Waals surface area contributed by atoms with E-state index in [0.29, 0.717) is 17.6 Å². The smallest absolute Gasteiger partial charge is 0.292 e. The van der Waals surface area contributed by atoms with Gasteiger partial charge in [0.15, 0.2) is 0 Å². The highest BCUT2D eigenvalue weighted by Crippen LogP contribution is 2.13. The summed E-state index contributed by atoms with van der Waals surface area (Å²) in [4.78, 5) is 27.9. The topological polar surface area (TPSA) is 83.0 Å². The first kappa shape index (κ1) is 25.8. The van der Waals surface area contributed by atoms with Gasteiger partial charge < -0.3 is 20.3 Å². The first-order chi connectivity index (χ1) is 11.7. The van der Waals surface area contributed by atoms with E-state index in [1.54, 1.807) is 7.05 Å². The Hall–Kier alpha value is -1.41. The van der Waals surface area contributed by atoms with E-state index >= 15 is 0 Å². The molecule has 25 heavy (non-hydrogen) atoms. The lowest BCUT2D eigenvalue weighted by Gasteiger charge is -2.35. The van der Waals surface area contributed by atoms with Gasteiger partial charge in [0.05, 0.1) is 23.8 Å². The first-order valence-electron chi connectivity index (χ1n) is 8.27. The van der Waals surface area contributed by atoms with Crippen molar-refractivity contribution >= 4 is 34.1 Å². The number of carbonyl (C=O) groups excluding carboxylic acids is 2. The lowest BCUT2D eigenvalue weighted by molar-refractivity contribution is -0.135. The molecule has 0 heterocycles. The van der Waals surface area contributed by atoms with Gasteiger partial charge in [-0.05, 0) is 42.2 Å². The van der Waals surface area contributed by atoms with Crippen LogP contribution in [-0.4, -0.2) is 62.9 Å². The highest BCUT2D eigenvalue weighted by atomic mass is 79.9. The van der Waals surface area contributed by atoms with Gasteiger partial charge in [-0.3, -0.25) is 14.6 Å². The zero-order valence-electron chi connectivity index (χ0n) is 16.4. The molecule has 0 bridgehead atoms. The van der Waals surface area contributed by atoms with Crippen LogP contribution in [0, 0.1) is 5.92 Å². The van der Waals surface area contributed by atoms with Crippen molar-refractivity contribution in [3.63, 3.8) is 0 Å². The van der Waals surface area contributed by atoms with E-state index in [4.69, 9.17) is 4.79 Å². The molecular formula is C17H33BrN4O3. The number of hydrogen-bond donors (Lipinski definition) is 2. The summed E-state index contributed by atoms with van der Waals surface area (Å²) in [6.45, 7) is 12.9. The molecule has 8 heteroatoms. The number of halogens is 1. The molecule has 2 atom stereocenters. The number of carbonyl (C=O) groups is 2. The molecule has 0 aromatic heterocycles. The third-order valence-corrected chi connectivity index (χ3v) is 3.75. The average Bonchev–Trinajstić information content (AvgIpc) is 2.57. The quantitative estimate of drug-likeness (QED) is 0.258. The Morgan fingerprint density at radius 2 is 1.92 bits per heavy atom. The van der Waals surface area contributed by atoms with Gasteiger partial charge in [-0.1, -0.05) is 27.4 Å². The van der Waals surface area contributed by atoms with Crippen molar-refractivity contribution in [1.82, 2.24) is 15.5 Å². The third-order valence-electron chi connectivity index (χ3n) is 3.55. The maximum atomic E-state index is 12.8. The van der Waals surface area contributed by atoms with Crippen LogP contribution < -0.4 is 10.6 Å². The fourth-order valence-electron chi connectivity index (χ4n) is 2.44. The van der Waals surface area contributed by atoms with Gasteiger partial charge in [0, 0.05) is 13.6 Å². The van der Waals surface area contributed by atoms with E-state index in [0.717, 1.165) is 12.3 Å². The van der Waals surface area contributed by atoms with Crippen LogP contribution in [-0.2, 0) is 14.3 Å². The van der Waals surface area contributed by atoms with E-state index in [2.05, 4.69) is 42.9 Å². The van der Waals surface area contributed by atoms with Crippen molar-refractivity contribution in [2.45, 2.75) is 46.2 Å². The first-order valence-corrected chi connectivity index (χ1v) is 9.06. The summed E-state index contributed by atoms with van der Waals surface area (Å²) in [5.41, 5.74) is 0. The minimum absolute atomic E-state index is 0.0867. The number of hydrogen-bond acceptors (Lipinski definition) is 5. The molecule has 0 aliphatic carbocycles. The Kier molecular flexibility index (Phi) is 15.4. The van der Waals surface area contributed by atoms with Crippen LogP contribution in [0.5, 0.6) is 0 Å². The number of amides is 1. The molecule has 2 N–H and O–H groups in total. The van der Waals surface area contributed by atoms with Crippen LogP contribution in [0.25, 0.3) is 0 Å². The largest absolute Gasteiger partial charge is 0.471 e. The third kappa shape index (κ3) is 9.60. The van der Waals surface area contributed by atoms with Crippen molar-refractivity contribution in [1.29, 1.82) is 0 Å². The summed E-state index contributed by atoms with van der Waals surface area (Å²) in [5, 5.41) is 6.21. The maximum Gasteiger partial charge on any atom is 0.292 e. The normalized spacial score (nSPS) is 13.2. The molecular weight excluding hydrogens is 388 g/mol. The van der Waals surface area contributed by atoms with Crippen LogP contribution in [0.15, 0.2) is 16.2 Å². The molecule has 0 rings (SSSR count). The van der Waals surface area contributed by atoms with Crippen LogP contribution in [0.4, 0.5) is 0 Å². The molecule has 0 fully saturated rings. The number of methoxy groups -OCH3 is 1. The molecule has 0 aromatic carbocycles. The summed E-state index contributed by atoms with van der Waals surface area (Å²) in [6.07, 6.45) is 0.786. The van der Waals surface area contributed by atoms with Crippen LogP contribution >= 0.6 is 15.9 Å². The standard InChI is InChI=1S/C15H29BrN4O.C2H4O2/c1-8-12(14(18-7)19-11(5)16)20(9-2)15(21)13(17-6)10(3)4;1-4-2-3/h10,12-13,17H,5,8-9H2,1-4,6-7H3,(H,18,19);2H,1H3. The molecule has 0 aliphatic heterocycles. The zero-order valence-corrected chi connectivity index (χ0v) is 18.0. The molecule has 7 nitrogen and oxygen atoms in total. The number of rotatable bonds is 9.